The van der Waals surface area contributed by atoms with Crippen LogP contribution in [-0.4, -0.2) is 56.1 Å². The first-order valence-corrected chi connectivity index (χ1v) is 9.54. The summed E-state index contributed by atoms with van der Waals surface area (Å²) >= 11 is 0. The third-order valence-corrected chi connectivity index (χ3v) is 4.55. The molecule has 152 valence electrons. The Bertz CT molecular complexity index is 865. The Morgan fingerprint density at radius 1 is 1.03 bits per heavy atom. The highest BCUT2D eigenvalue weighted by atomic mass is 19.1. The van der Waals surface area contributed by atoms with Crippen LogP contribution in [0.3, 0.4) is 0 Å². The normalized spacial score (nSPS) is 15.0. The minimum Gasteiger partial charge on any atom is -0.379 e. The Morgan fingerprint density at radius 3 is 2.45 bits per heavy atom. The van der Waals surface area contributed by atoms with Crippen molar-refractivity contribution >= 4 is 17.9 Å². The van der Waals surface area contributed by atoms with E-state index in [2.05, 4.69) is 15.5 Å². The van der Waals surface area contributed by atoms with Gasteiger partial charge in [0, 0.05) is 37.3 Å². The average Bonchev–Trinajstić information content (AvgIpc) is 2.76. The van der Waals surface area contributed by atoms with Crippen molar-refractivity contribution in [2.75, 3.05) is 39.4 Å². The van der Waals surface area contributed by atoms with E-state index in [1.165, 1.54) is 12.1 Å². The van der Waals surface area contributed by atoms with Crippen molar-refractivity contribution in [1.29, 1.82) is 0 Å². The summed E-state index contributed by atoms with van der Waals surface area (Å²) in [5, 5.41) is 5.41. The number of ether oxygens (including phenoxy) is 1. The zero-order valence-corrected chi connectivity index (χ0v) is 16.1. The van der Waals surface area contributed by atoms with E-state index in [1.807, 2.05) is 0 Å². The van der Waals surface area contributed by atoms with E-state index in [1.54, 1.807) is 48.5 Å². The number of hydrogen-bond acceptors (Lipinski definition) is 4. The lowest BCUT2D eigenvalue weighted by Crippen LogP contribution is -2.42. The van der Waals surface area contributed by atoms with Crippen molar-refractivity contribution in [3.63, 3.8) is 0 Å². The van der Waals surface area contributed by atoms with E-state index in [-0.39, 0.29) is 11.3 Å². The van der Waals surface area contributed by atoms with Gasteiger partial charge in [-0.15, -0.1) is 0 Å². The summed E-state index contributed by atoms with van der Waals surface area (Å²) in [5.74, 6) is -1.37. The Labute approximate surface area is 169 Å². The molecule has 2 aromatic carbocycles. The maximum Gasteiger partial charge on any atom is 0.267 e. The van der Waals surface area contributed by atoms with Gasteiger partial charge in [-0.25, -0.2) is 4.39 Å². The molecule has 2 aromatic rings. The first-order chi connectivity index (χ1) is 14.1. The molecule has 0 atom stereocenters. The monoisotopic (exact) mass is 397 g/mol. The number of halogens is 1. The first kappa shape index (κ1) is 20.7. The van der Waals surface area contributed by atoms with E-state index in [0.29, 0.717) is 31.9 Å². The van der Waals surface area contributed by atoms with Gasteiger partial charge in [-0.2, -0.15) is 0 Å². The number of benzene rings is 2. The lowest BCUT2D eigenvalue weighted by atomic mass is 10.1. The van der Waals surface area contributed by atoms with E-state index in [9.17, 15) is 14.0 Å². The second kappa shape index (κ2) is 10.5. The van der Waals surface area contributed by atoms with Crippen molar-refractivity contribution in [2.45, 2.75) is 0 Å². The Hall–Kier alpha value is -3.03. The molecule has 0 spiro atoms. The second-order valence-corrected chi connectivity index (χ2v) is 6.61. The van der Waals surface area contributed by atoms with Gasteiger partial charge in [0.25, 0.3) is 11.8 Å². The molecule has 2 amide bonds. The summed E-state index contributed by atoms with van der Waals surface area (Å²) in [4.78, 5) is 27.4. The van der Waals surface area contributed by atoms with Gasteiger partial charge in [-0.3, -0.25) is 14.5 Å². The lowest BCUT2D eigenvalue weighted by molar-refractivity contribution is -0.117. The number of morpholine rings is 1. The summed E-state index contributed by atoms with van der Waals surface area (Å²) in [5.41, 5.74) is 0.623. The molecule has 6 nitrogen and oxygen atoms in total. The molecule has 7 heteroatoms. The third kappa shape index (κ3) is 6.23. The molecule has 2 N–H and O–H groups in total. The highest BCUT2D eigenvalue weighted by Crippen LogP contribution is 2.11. The van der Waals surface area contributed by atoms with Gasteiger partial charge in [-0.05, 0) is 24.3 Å². The van der Waals surface area contributed by atoms with Gasteiger partial charge in [0.05, 0.1) is 13.2 Å². The molecule has 0 bridgehead atoms. The highest BCUT2D eigenvalue weighted by Gasteiger charge is 2.16. The smallest absolute Gasteiger partial charge is 0.267 e. The van der Waals surface area contributed by atoms with Crippen molar-refractivity contribution in [2.24, 2.45) is 0 Å². The average molecular weight is 397 g/mol. The lowest BCUT2D eigenvalue weighted by Gasteiger charge is -2.26. The zero-order valence-electron chi connectivity index (χ0n) is 16.1. The number of rotatable bonds is 7. The van der Waals surface area contributed by atoms with E-state index < -0.39 is 17.6 Å². The van der Waals surface area contributed by atoms with Gasteiger partial charge in [-0.1, -0.05) is 36.4 Å². The van der Waals surface area contributed by atoms with Crippen LogP contribution >= 0.6 is 0 Å². The molecule has 3 rings (SSSR count). The molecule has 1 aliphatic heterocycles. The van der Waals surface area contributed by atoms with Crippen LogP contribution in [0.5, 0.6) is 0 Å². The van der Waals surface area contributed by atoms with Gasteiger partial charge < -0.3 is 15.4 Å². The van der Waals surface area contributed by atoms with Gasteiger partial charge in [0.1, 0.15) is 11.5 Å². The van der Waals surface area contributed by atoms with Crippen molar-refractivity contribution in [3.8, 4) is 0 Å². The highest BCUT2D eigenvalue weighted by molar-refractivity contribution is 6.05. The van der Waals surface area contributed by atoms with Crippen molar-refractivity contribution in [3.05, 3.63) is 77.2 Å². The fourth-order valence-electron chi connectivity index (χ4n) is 2.94. The molecule has 1 fully saturated rings. The number of carbonyl (C=O) groups is 2. The minimum atomic E-state index is -0.472. The van der Waals surface area contributed by atoms with Gasteiger partial charge in [0.15, 0.2) is 0 Å². The number of nitrogens with zero attached hydrogens (tertiary/aromatic N) is 1. The molecule has 0 radical (unpaired) electrons. The Morgan fingerprint density at radius 2 is 1.72 bits per heavy atom. The molecule has 0 aliphatic carbocycles. The van der Waals surface area contributed by atoms with Crippen LogP contribution in [0, 0.1) is 5.82 Å². The first-order valence-electron chi connectivity index (χ1n) is 9.54. The van der Waals surface area contributed by atoms with Crippen molar-refractivity contribution < 1.29 is 18.7 Å². The molecule has 0 saturated carbocycles. The maximum atomic E-state index is 14.1. The number of hydrogen-bond donors (Lipinski definition) is 2. The molecule has 1 saturated heterocycles. The summed E-state index contributed by atoms with van der Waals surface area (Å²) in [7, 11) is 0. The molecule has 29 heavy (non-hydrogen) atoms. The fraction of sp³-hybridized carbons (Fsp3) is 0.273. The zero-order chi connectivity index (χ0) is 20.5. The number of nitrogens with one attached hydrogen (secondary N) is 2. The molecular formula is C22H24FN3O3. The van der Waals surface area contributed by atoms with Crippen LogP contribution in [0.4, 0.5) is 4.39 Å². The summed E-state index contributed by atoms with van der Waals surface area (Å²) in [6.07, 6.45) is 1.35. The molecule has 1 heterocycles. The van der Waals surface area contributed by atoms with Crippen LogP contribution in [0.15, 0.2) is 60.3 Å². The summed E-state index contributed by atoms with van der Waals surface area (Å²) in [6, 6.07) is 14.6. The predicted molar refractivity (Wildman–Crippen MR) is 109 cm³/mol. The minimum absolute atomic E-state index is 0.00840. The summed E-state index contributed by atoms with van der Waals surface area (Å²) in [6.45, 7) is 4.08. The van der Waals surface area contributed by atoms with Crippen LogP contribution < -0.4 is 10.6 Å². The van der Waals surface area contributed by atoms with E-state index >= 15 is 0 Å². The van der Waals surface area contributed by atoms with Crippen LogP contribution in [-0.2, 0) is 9.53 Å². The maximum absolute atomic E-state index is 14.1. The quantitative estimate of drug-likeness (QED) is 0.702. The Kier molecular flexibility index (Phi) is 7.49. The SMILES string of the molecule is O=C(NCCN1CCOCC1)/C(=C\c1ccccc1F)NC(=O)c1ccccc1. The standard InChI is InChI=1S/C22H24FN3O3/c23-19-9-5-4-8-18(19)16-20(25-21(27)17-6-2-1-3-7-17)22(28)24-10-11-26-12-14-29-15-13-26/h1-9,16H,10-15H2,(H,24,28)(H,25,27)/b20-16+. The predicted octanol–water partition coefficient (Wildman–Crippen LogP) is 2.04. The second-order valence-electron chi connectivity index (χ2n) is 6.61. The topological polar surface area (TPSA) is 70.7 Å². The van der Waals surface area contributed by atoms with Crippen LogP contribution in [0.1, 0.15) is 15.9 Å². The van der Waals surface area contributed by atoms with Crippen LogP contribution in [0.2, 0.25) is 0 Å². The van der Waals surface area contributed by atoms with Gasteiger partial charge in [0.2, 0.25) is 0 Å². The largest absolute Gasteiger partial charge is 0.379 e. The molecule has 0 aromatic heterocycles. The van der Waals surface area contributed by atoms with Gasteiger partial charge >= 0.3 is 0 Å². The molecule has 0 unspecified atom stereocenters. The summed E-state index contributed by atoms with van der Waals surface area (Å²) < 4.78 is 19.4. The number of carbonyl (C=O) groups excluding carboxylic acids is 2. The Balaban J connectivity index is 1.70. The van der Waals surface area contributed by atoms with Crippen molar-refractivity contribution in [1.82, 2.24) is 15.5 Å². The van der Waals surface area contributed by atoms with E-state index in [0.717, 1.165) is 13.1 Å². The van der Waals surface area contributed by atoms with Crippen LogP contribution in [0.25, 0.3) is 6.08 Å². The van der Waals surface area contributed by atoms with E-state index in [4.69, 9.17) is 4.74 Å². The molecular weight excluding hydrogens is 373 g/mol. The third-order valence-electron chi connectivity index (χ3n) is 4.55. The fourth-order valence-corrected chi connectivity index (χ4v) is 2.94. The number of amides is 2. The molecule has 1 aliphatic rings.